The van der Waals surface area contributed by atoms with E-state index in [9.17, 15) is 14.4 Å². The summed E-state index contributed by atoms with van der Waals surface area (Å²) >= 11 is 0. The minimum Gasteiger partial charge on any atom is -0.481 e. The summed E-state index contributed by atoms with van der Waals surface area (Å²) in [6.45, 7) is 1.72. The largest absolute Gasteiger partial charge is 0.481 e. The van der Waals surface area contributed by atoms with Crippen molar-refractivity contribution in [2.75, 3.05) is 0 Å². The molecule has 6 nitrogen and oxygen atoms in total. The summed E-state index contributed by atoms with van der Waals surface area (Å²) in [4.78, 5) is 37.1. The van der Waals surface area contributed by atoms with Crippen LogP contribution in [-0.4, -0.2) is 28.0 Å². The number of aromatic amines is 1. The predicted molar refractivity (Wildman–Crippen MR) is 67.9 cm³/mol. The van der Waals surface area contributed by atoms with Gasteiger partial charge in [-0.05, 0) is 13.3 Å². The molecule has 0 fully saturated rings. The maximum Gasteiger partial charge on any atom is 0.310 e. The summed E-state index contributed by atoms with van der Waals surface area (Å²) in [6.07, 6.45) is 4.86. The van der Waals surface area contributed by atoms with E-state index in [1.807, 2.05) is 0 Å². The van der Waals surface area contributed by atoms with Gasteiger partial charge >= 0.3 is 5.97 Å². The zero-order valence-corrected chi connectivity index (χ0v) is 10.3. The summed E-state index contributed by atoms with van der Waals surface area (Å²) in [6, 6.07) is 0.994. The van der Waals surface area contributed by atoms with Gasteiger partial charge in [-0.3, -0.25) is 14.4 Å². The van der Waals surface area contributed by atoms with Gasteiger partial charge < -0.3 is 15.4 Å². The molecule has 2 atom stereocenters. The van der Waals surface area contributed by atoms with E-state index in [-0.39, 0.29) is 17.0 Å². The Labute approximate surface area is 109 Å². The molecule has 2 rings (SSSR count). The van der Waals surface area contributed by atoms with Crippen molar-refractivity contribution in [1.29, 1.82) is 0 Å². The fraction of sp³-hybridized carbons (Fsp3) is 0.308. The zero-order chi connectivity index (χ0) is 14.0. The molecule has 0 spiro atoms. The second-order valence-electron chi connectivity index (χ2n) is 4.54. The Morgan fingerprint density at radius 2 is 2.16 bits per heavy atom. The Kier molecular flexibility index (Phi) is 3.50. The Bertz CT molecular complexity index is 603. The third kappa shape index (κ3) is 2.90. The number of aromatic nitrogens is 1. The molecule has 2 unspecified atom stereocenters. The van der Waals surface area contributed by atoms with Crippen LogP contribution >= 0.6 is 0 Å². The van der Waals surface area contributed by atoms with E-state index in [0.29, 0.717) is 12.1 Å². The quantitative estimate of drug-likeness (QED) is 0.688. The predicted octanol–water partition coefficient (Wildman–Crippen LogP) is 0.442. The number of rotatable bonds is 3. The number of carbonyl (C=O) groups is 2. The molecule has 1 heterocycles. The van der Waals surface area contributed by atoms with E-state index in [1.165, 1.54) is 12.3 Å². The minimum absolute atomic E-state index is 0.0257. The first-order chi connectivity index (χ1) is 8.97. The van der Waals surface area contributed by atoms with Crippen molar-refractivity contribution in [3.05, 3.63) is 45.9 Å². The highest BCUT2D eigenvalue weighted by Gasteiger charge is 2.26. The molecular formula is C13H14N2O4. The molecule has 0 aliphatic heterocycles. The fourth-order valence-corrected chi connectivity index (χ4v) is 1.99. The number of nitrogens with one attached hydrogen (secondary N) is 2. The first-order valence-electron chi connectivity index (χ1n) is 5.88. The Morgan fingerprint density at radius 1 is 1.42 bits per heavy atom. The third-order valence-corrected chi connectivity index (χ3v) is 3.02. The molecule has 1 amide bonds. The van der Waals surface area contributed by atoms with Crippen LogP contribution in [0.2, 0.25) is 0 Å². The van der Waals surface area contributed by atoms with Gasteiger partial charge in [-0.2, -0.15) is 0 Å². The maximum atomic E-state index is 11.9. The van der Waals surface area contributed by atoms with Gasteiger partial charge in [-0.1, -0.05) is 12.2 Å². The van der Waals surface area contributed by atoms with Crippen molar-refractivity contribution >= 4 is 11.9 Å². The van der Waals surface area contributed by atoms with E-state index in [2.05, 4.69) is 10.3 Å². The van der Waals surface area contributed by atoms with Gasteiger partial charge in [0.2, 0.25) is 0 Å². The molecule has 3 N–H and O–H groups in total. The average molecular weight is 262 g/mol. The SMILES string of the molecule is Cc1cc(=O)c(C(=O)NC2C=CC(C(=O)O)C2)c[nH]1. The van der Waals surface area contributed by atoms with Crippen molar-refractivity contribution in [3.63, 3.8) is 0 Å². The standard InChI is InChI=1S/C13H14N2O4/c1-7-4-11(16)10(6-14-7)12(17)15-9-3-2-8(5-9)13(18)19/h2-4,6,8-9H,5H2,1H3,(H,14,16)(H,15,17)(H,18,19). The van der Waals surface area contributed by atoms with Crippen LogP contribution in [0.1, 0.15) is 22.5 Å². The number of aliphatic carboxylic acids is 1. The molecule has 1 aromatic heterocycles. The number of amides is 1. The fourth-order valence-electron chi connectivity index (χ4n) is 1.99. The lowest BCUT2D eigenvalue weighted by Gasteiger charge is -2.11. The normalized spacial score (nSPS) is 21.3. The number of H-pyrrole nitrogens is 1. The Hall–Kier alpha value is -2.37. The van der Waals surface area contributed by atoms with Gasteiger partial charge in [-0.15, -0.1) is 0 Å². The lowest BCUT2D eigenvalue weighted by atomic mass is 10.1. The van der Waals surface area contributed by atoms with Crippen molar-refractivity contribution in [1.82, 2.24) is 10.3 Å². The molecule has 0 bridgehead atoms. The lowest BCUT2D eigenvalue weighted by Crippen LogP contribution is -2.36. The molecule has 1 aromatic rings. The zero-order valence-electron chi connectivity index (χ0n) is 10.3. The van der Waals surface area contributed by atoms with E-state index in [1.54, 1.807) is 19.1 Å². The lowest BCUT2D eigenvalue weighted by molar-refractivity contribution is -0.140. The smallest absolute Gasteiger partial charge is 0.310 e. The van der Waals surface area contributed by atoms with E-state index in [0.717, 1.165) is 0 Å². The molecule has 0 aromatic carbocycles. The van der Waals surface area contributed by atoms with Crippen LogP contribution in [0.15, 0.2) is 29.2 Å². The third-order valence-electron chi connectivity index (χ3n) is 3.02. The number of hydrogen-bond donors (Lipinski definition) is 3. The van der Waals surface area contributed by atoms with Crippen LogP contribution in [0.5, 0.6) is 0 Å². The monoisotopic (exact) mass is 262 g/mol. The number of aryl methyl sites for hydroxylation is 1. The first-order valence-corrected chi connectivity index (χ1v) is 5.88. The molecule has 0 saturated carbocycles. The van der Waals surface area contributed by atoms with Crippen molar-refractivity contribution in [2.24, 2.45) is 5.92 Å². The number of pyridine rings is 1. The maximum absolute atomic E-state index is 11.9. The van der Waals surface area contributed by atoms with Crippen molar-refractivity contribution in [3.8, 4) is 0 Å². The van der Waals surface area contributed by atoms with Crippen molar-refractivity contribution in [2.45, 2.75) is 19.4 Å². The Morgan fingerprint density at radius 3 is 2.74 bits per heavy atom. The van der Waals surface area contributed by atoms with Crippen molar-refractivity contribution < 1.29 is 14.7 Å². The van der Waals surface area contributed by atoms with Gasteiger partial charge in [0.15, 0.2) is 5.43 Å². The first kappa shape index (κ1) is 13.1. The van der Waals surface area contributed by atoms with Gasteiger partial charge in [0.25, 0.3) is 5.91 Å². The van der Waals surface area contributed by atoms with Gasteiger partial charge in [0.1, 0.15) is 5.56 Å². The Balaban J connectivity index is 2.05. The molecule has 19 heavy (non-hydrogen) atoms. The molecular weight excluding hydrogens is 248 g/mol. The second-order valence-corrected chi connectivity index (χ2v) is 4.54. The molecule has 6 heteroatoms. The van der Waals surface area contributed by atoms with E-state index >= 15 is 0 Å². The van der Waals surface area contributed by atoms with Crippen LogP contribution in [0.4, 0.5) is 0 Å². The molecule has 0 saturated heterocycles. The van der Waals surface area contributed by atoms with Crippen LogP contribution in [0.3, 0.4) is 0 Å². The molecule has 1 aliphatic carbocycles. The molecule has 0 radical (unpaired) electrons. The highest BCUT2D eigenvalue weighted by Crippen LogP contribution is 2.18. The number of carboxylic acid groups (broad SMARTS) is 1. The molecule has 1 aliphatic rings. The second kappa shape index (κ2) is 5.09. The number of carbonyl (C=O) groups excluding carboxylic acids is 1. The highest BCUT2D eigenvalue weighted by atomic mass is 16.4. The topological polar surface area (TPSA) is 99.3 Å². The van der Waals surface area contributed by atoms with Gasteiger partial charge in [0.05, 0.1) is 5.92 Å². The van der Waals surface area contributed by atoms with E-state index < -0.39 is 17.8 Å². The summed E-state index contributed by atoms with van der Waals surface area (Å²) < 4.78 is 0. The van der Waals surface area contributed by atoms with Gasteiger partial charge in [0, 0.05) is 24.0 Å². The number of carboxylic acids is 1. The van der Waals surface area contributed by atoms with Crippen LogP contribution in [0.25, 0.3) is 0 Å². The van der Waals surface area contributed by atoms with Gasteiger partial charge in [-0.25, -0.2) is 0 Å². The summed E-state index contributed by atoms with van der Waals surface area (Å²) in [5, 5.41) is 11.5. The molecule has 100 valence electrons. The summed E-state index contributed by atoms with van der Waals surface area (Å²) in [5.41, 5.74) is 0.344. The van der Waals surface area contributed by atoms with Crippen LogP contribution in [-0.2, 0) is 4.79 Å². The minimum atomic E-state index is -0.916. The number of hydrogen-bond acceptors (Lipinski definition) is 3. The average Bonchev–Trinajstić information content (AvgIpc) is 2.77. The summed E-state index contributed by atoms with van der Waals surface area (Å²) in [7, 11) is 0. The summed E-state index contributed by atoms with van der Waals surface area (Å²) in [5.74, 6) is -2.00. The highest BCUT2D eigenvalue weighted by molar-refractivity contribution is 5.94. The van der Waals surface area contributed by atoms with Crippen LogP contribution < -0.4 is 10.7 Å². The van der Waals surface area contributed by atoms with Crippen LogP contribution in [0, 0.1) is 12.8 Å². The van der Waals surface area contributed by atoms with E-state index in [4.69, 9.17) is 5.11 Å².